The van der Waals surface area contributed by atoms with Crippen LogP contribution in [0.1, 0.15) is 42.7 Å². The van der Waals surface area contributed by atoms with E-state index in [0.717, 1.165) is 29.9 Å². The second kappa shape index (κ2) is 6.16. The maximum absolute atomic E-state index is 12.7. The fourth-order valence-electron chi connectivity index (χ4n) is 2.93. The van der Waals surface area contributed by atoms with Gasteiger partial charge in [-0.05, 0) is 46.1 Å². The first kappa shape index (κ1) is 15.4. The van der Waals surface area contributed by atoms with Gasteiger partial charge in [-0.15, -0.1) is 0 Å². The molecule has 1 fully saturated rings. The molecular weight excluding hydrogens is 269 g/mol. The zero-order valence-corrected chi connectivity index (χ0v) is 11.9. The fraction of sp³-hybridized carbons (Fsp3) is 0.786. The molecule has 1 N–H and O–H groups in total. The van der Waals surface area contributed by atoms with Crippen LogP contribution in [-0.4, -0.2) is 23.9 Å². The fourth-order valence-corrected chi connectivity index (χ4v) is 2.93. The molecule has 2 unspecified atom stereocenters. The number of aryl methyl sites for hydroxylation is 2. The summed E-state index contributed by atoms with van der Waals surface area (Å²) in [6.45, 7) is 4.40. The summed E-state index contributed by atoms with van der Waals surface area (Å²) in [6, 6.07) is -0.0316. The molecule has 1 aromatic heterocycles. The van der Waals surface area contributed by atoms with Gasteiger partial charge in [-0.25, -0.2) is 0 Å². The zero-order chi connectivity index (χ0) is 14.8. The Hall–Kier alpha value is -1.04. The monoisotopic (exact) mass is 290 g/mol. The highest BCUT2D eigenvalue weighted by Gasteiger charge is 2.41. The van der Waals surface area contributed by atoms with Crippen LogP contribution in [0.5, 0.6) is 0 Å². The molecular formula is C14H21F3N2O. The van der Waals surface area contributed by atoms with E-state index < -0.39 is 12.1 Å². The van der Waals surface area contributed by atoms with Crippen molar-refractivity contribution in [2.75, 3.05) is 6.54 Å². The molecule has 0 aromatic carbocycles. The summed E-state index contributed by atoms with van der Waals surface area (Å²) in [6.07, 6.45) is -1.37. The number of halogens is 3. The molecule has 0 bridgehead atoms. The number of hydrogen-bond donors (Lipinski definition) is 1. The Balaban J connectivity index is 1.80. The molecule has 6 heteroatoms. The number of alkyl halides is 3. The van der Waals surface area contributed by atoms with E-state index in [-0.39, 0.29) is 18.9 Å². The first-order chi connectivity index (χ1) is 9.38. The van der Waals surface area contributed by atoms with Crippen molar-refractivity contribution in [1.82, 2.24) is 10.5 Å². The number of aromatic nitrogens is 1. The minimum atomic E-state index is -4.05. The van der Waals surface area contributed by atoms with E-state index >= 15 is 0 Å². The third-order valence-corrected chi connectivity index (χ3v) is 4.13. The number of nitrogens with zero attached hydrogens (tertiary/aromatic N) is 1. The van der Waals surface area contributed by atoms with Gasteiger partial charge in [0, 0.05) is 11.6 Å². The van der Waals surface area contributed by atoms with Gasteiger partial charge in [0.2, 0.25) is 0 Å². The van der Waals surface area contributed by atoms with Gasteiger partial charge >= 0.3 is 6.18 Å². The van der Waals surface area contributed by atoms with E-state index in [1.165, 1.54) is 0 Å². The molecule has 114 valence electrons. The molecule has 1 aliphatic rings. The highest BCUT2D eigenvalue weighted by molar-refractivity contribution is 5.20. The average molecular weight is 290 g/mol. The van der Waals surface area contributed by atoms with Crippen molar-refractivity contribution in [2.45, 2.75) is 58.2 Å². The van der Waals surface area contributed by atoms with E-state index in [9.17, 15) is 13.2 Å². The van der Waals surface area contributed by atoms with Gasteiger partial charge in [-0.1, -0.05) is 11.6 Å². The highest BCUT2D eigenvalue weighted by atomic mass is 19.4. The largest absolute Gasteiger partial charge is 0.391 e. The van der Waals surface area contributed by atoms with E-state index in [1.54, 1.807) is 0 Å². The summed E-state index contributed by atoms with van der Waals surface area (Å²) < 4.78 is 43.2. The lowest BCUT2D eigenvalue weighted by Gasteiger charge is -2.31. The van der Waals surface area contributed by atoms with Crippen molar-refractivity contribution >= 4 is 0 Å². The molecule has 0 aliphatic heterocycles. The molecule has 0 saturated heterocycles. The number of rotatable bonds is 4. The quantitative estimate of drug-likeness (QED) is 0.921. The van der Waals surface area contributed by atoms with Gasteiger partial charge in [0.1, 0.15) is 5.76 Å². The molecule has 1 aliphatic carbocycles. The first-order valence-electron chi connectivity index (χ1n) is 7.09. The second-order valence-corrected chi connectivity index (χ2v) is 5.61. The topological polar surface area (TPSA) is 38.1 Å². The molecule has 3 nitrogen and oxygen atoms in total. The van der Waals surface area contributed by atoms with Crippen molar-refractivity contribution in [3.8, 4) is 0 Å². The SMILES string of the molecule is Cc1noc(C)c1CCNC1CCCC(C(F)(F)F)C1. The van der Waals surface area contributed by atoms with E-state index in [4.69, 9.17) is 4.52 Å². The van der Waals surface area contributed by atoms with Crippen LogP contribution < -0.4 is 5.32 Å². The first-order valence-corrected chi connectivity index (χ1v) is 7.09. The van der Waals surface area contributed by atoms with Crippen molar-refractivity contribution in [3.63, 3.8) is 0 Å². The second-order valence-electron chi connectivity index (χ2n) is 5.61. The molecule has 20 heavy (non-hydrogen) atoms. The Morgan fingerprint density at radius 3 is 2.65 bits per heavy atom. The number of hydrogen-bond acceptors (Lipinski definition) is 3. The molecule has 1 aromatic rings. The molecule has 0 radical (unpaired) electrons. The third kappa shape index (κ3) is 3.75. The molecule has 0 amide bonds. The van der Waals surface area contributed by atoms with Gasteiger partial charge < -0.3 is 9.84 Å². The lowest BCUT2D eigenvalue weighted by atomic mass is 9.85. The molecule has 1 heterocycles. The Kier molecular flexibility index (Phi) is 4.73. The average Bonchev–Trinajstić information content (AvgIpc) is 2.70. The van der Waals surface area contributed by atoms with Crippen molar-refractivity contribution in [1.29, 1.82) is 0 Å². The minimum Gasteiger partial charge on any atom is -0.361 e. The summed E-state index contributed by atoms with van der Waals surface area (Å²) in [5.74, 6) is -0.353. The van der Waals surface area contributed by atoms with Crippen LogP contribution in [-0.2, 0) is 6.42 Å². The summed E-state index contributed by atoms with van der Waals surface area (Å²) >= 11 is 0. The Labute approximate surface area is 116 Å². The van der Waals surface area contributed by atoms with E-state index in [1.807, 2.05) is 13.8 Å². The Bertz CT molecular complexity index is 423. The predicted molar refractivity (Wildman–Crippen MR) is 69.5 cm³/mol. The summed E-state index contributed by atoms with van der Waals surface area (Å²) in [5, 5.41) is 7.12. The third-order valence-electron chi connectivity index (χ3n) is 4.13. The van der Waals surface area contributed by atoms with Crippen LogP contribution in [0.15, 0.2) is 4.52 Å². The molecule has 0 spiro atoms. The van der Waals surface area contributed by atoms with E-state index in [2.05, 4.69) is 10.5 Å². The van der Waals surface area contributed by atoms with Crippen LogP contribution in [0.25, 0.3) is 0 Å². The van der Waals surface area contributed by atoms with Gasteiger partial charge in [-0.2, -0.15) is 13.2 Å². The van der Waals surface area contributed by atoms with Gasteiger partial charge in [0.15, 0.2) is 0 Å². The molecule has 2 rings (SSSR count). The van der Waals surface area contributed by atoms with E-state index in [0.29, 0.717) is 13.0 Å². The predicted octanol–water partition coefficient (Wildman–Crippen LogP) is 3.54. The standard InChI is InChI=1S/C14H21F3N2O/c1-9-13(10(2)20-19-9)6-7-18-12-5-3-4-11(8-12)14(15,16)17/h11-12,18H,3-8H2,1-2H3. The van der Waals surface area contributed by atoms with Crippen LogP contribution >= 0.6 is 0 Å². The maximum Gasteiger partial charge on any atom is 0.391 e. The zero-order valence-electron chi connectivity index (χ0n) is 11.9. The van der Waals surface area contributed by atoms with Gasteiger partial charge in [0.25, 0.3) is 0 Å². The Morgan fingerprint density at radius 1 is 1.30 bits per heavy atom. The van der Waals surface area contributed by atoms with Crippen LogP contribution in [0.4, 0.5) is 13.2 Å². The maximum atomic E-state index is 12.7. The lowest BCUT2D eigenvalue weighted by Crippen LogP contribution is -2.39. The van der Waals surface area contributed by atoms with Gasteiger partial charge in [0.05, 0.1) is 11.6 Å². The normalized spacial score (nSPS) is 24.1. The summed E-state index contributed by atoms with van der Waals surface area (Å²) in [4.78, 5) is 0. The number of nitrogens with one attached hydrogen (secondary N) is 1. The summed E-state index contributed by atoms with van der Waals surface area (Å²) in [5.41, 5.74) is 1.92. The Morgan fingerprint density at radius 2 is 2.05 bits per heavy atom. The van der Waals surface area contributed by atoms with Gasteiger partial charge in [-0.3, -0.25) is 0 Å². The minimum absolute atomic E-state index is 0.0316. The highest BCUT2D eigenvalue weighted by Crippen LogP contribution is 2.37. The lowest BCUT2D eigenvalue weighted by molar-refractivity contribution is -0.183. The molecule has 1 saturated carbocycles. The van der Waals surface area contributed by atoms with Crippen LogP contribution in [0.3, 0.4) is 0 Å². The van der Waals surface area contributed by atoms with Crippen LogP contribution in [0, 0.1) is 19.8 Å². The smallest absolute Gasteiger partial charge is 0.361 e. The summed E-state index contributed by atoms with van der Waals surface area (Å²) in [7, 11) is 0. The van der Waals surface area contributed by atoms with Crippen molar-refractivity contribution < 1.29 is 17.7 Å². The molecule has 2 atom stereocenters. The van der Waals surface area contributed by atoms with Crippen molar-refractivity contribution in [2.24, 2.45) is 5.92 Å². The van der Waals surface area contributed by atoms with Crippen LogP contribution in [0.2, 0.25) is 0 Å². The van der Waals surface area contributed by atoms with Crippen molar-refractivity contribution in [3.05, 3.63) is 17.0 Å².